The van der Waals surface area contributed by atoms with Gasteiger partial charge in [-0.05, 0) is 18.7 Å². The summed E-state index contributed by atoms with van der Waals surface area (Å²) in [6.07, 6.45) is 25.5. The van der Waals surface area contributed by atoms with Gasteiger partial charge in [-0.15, -0.1) is 0 Å². The van der Waals surface area contributed by atoms with Gasteiger partial charge in [-0.25, -0.2) is 0 Å². The molecule has 0 bridgehead atoms. The third-order valence-electron chi connectivity index (χ3n) is 6.01. The standard InChI is InChI=1S/C25H48F3NO3S/c1-2-3-4-5-6-7-8-9-10-11-12-13-14-15-16-17-18-19-20-21-22-23-24(30)29-33(31,32)25(26,27)28/h2-23H2,1H3,(H,29,30)/p-1. The van der Waals surface area contributed by atoms with E-state index in [1.165, 1.54) is 103 Å². The van der Waals surface area contributed by atoms with E-state index >= 15 is 0 Å². The lowest BCUT2D eigenvalue weighted by molar-refractivity contribution is -0.218. The van der Waals surface area contributed by atoms with E-state index < -0.39 is 21.4 Å². The van der Waals surface area contributed by atoms with Crippen molar-refractivity contribution in [1.82, 2.24) is 0 Å². The molecule has 0 aliphatic rings. The Morgan fingerprint density at radius 2 is 0.879 bits per heavy atom. The third kappa shape index (κ3) is 20.3. The molecule has 0 aromatic heterocycles. The maximum atomic E-state index is 12.1. The number of hydrogen-bond acceptors (Lipinski definition) is 3. The molecule has 0 heterocycles. The Morgan fingerprint density at radius 1 is 0.606 bits per heavy atom. The van der Waals surface area contributed by atoms with Gasteiger partial charge in [-0.1, -0.05) is 135 Å². The van der Waals surface area contributed by atoms with Crippen LogP contribution in [0.15, 0.2) is 4.40 Å². The van der Waals surface area contributed by atoms with Gasteiger partial charge in [0.25, 0.3) is 0 Å². The number of sulfonamides is 1. The lowest BCUT2D eigenvalue weighted by Gasteiger charge is -2.11. The Bertz CT molecular complexity index is 578. The molecule has 0 aliphatic carbocycles. The number of nitrogens with zero attached hydrogens (tertiary/aromatic N) is 1. The van der Waals surface area contributed by atoms with Crippen molar-refractivity contribution in [2.24, 2.45) is 4.40 Å². The molecule has 0 saturated heterocycles. The molecule has 198 valence electrons. The minimum absolute atomic E-state index is 0.256. The van der Waals surface area contributed by atoms with Crippen molar-refractivity contribution in [3.63, 3.8) is 0 Å². The molecule has 0 amide bonds. The predicted octanol–water partition coefficient (Wildman–Crippen LogP) is 8.20. The number of alkyl halides is 3. The van der Waals surface area contributed by atoms with Crippen LogP contribution in [0.2, 0.25) is 0 Å². The monoisotopic (exact) mass is 498 g/mol. The summed E-state index contributed by atoms with van der Waals surface area (Å²) in [6.45, 7) is 2.26. The van der Waals surface area contributed by atoms with E-state index in [1.807, 2.05) is 0 Å². The van der Waals surface area contributed by atoms with Gasteiger partial charge in [0, 0.05) is 0 Å². The Hall–Kier alpha value is -0.790. The fraction of sp³-hybridized carbons (Fsp3) is 0.960. The predicted molar refractivity (Wildman–Crippen MR) is 130 cm³/mol. The summed E-state index contributed by atoms with van der Waals surface area (Å²) >= 11 is 0. The SMILES string of the molecule is CCCCCCCCCCCCCCCCCCCCCCC/C([O-])=N/S(=O)(=O)C(F)(F)F. The fourth-order valence-corrected chi connectivity index (χ4v) is 4.40. The summed E-state index contributed by atoms with van der Waals surface area (Å²) in [5, 5.41) is 11.3. The van der Waals surface area contributed by atoms with Crippen molar-refractivity contribution >= 4 is 15.9 Å². The summed E-state index contributed by atoms with van der Waals surface area (Å²) in [7, 11) is -5.70. The summed E-state index contributed by atoms with van der Waals surface area (Å²) in [5.74, 6) is -1.22. The Labute approximate surface area is 200 Å². The van der Waals surface area contributed by atoms with Gasteiger partial charge in [0.2, 0.25) is 0 Å². The van der Waals surface area contributed by atoms with Crippen molar-refractivity contribution in [2.45, 2.75) is 154 Å². The van der Waals surface area contributed by atoms with Crippen LogP contribution in [0.3, 0.4) is 0 Å². The van der Waals surface area contributed by atoms with Crippen LogP contribution >= 0.6 is 0 Å². The van der Waals surface area contributed by atoms with Crippen LogP contribution in [-0.2, 0) is 10.0 Å². The highest BCUT2D eigenvalue weighted by molar-refractivity contribution is 7.91. The van der Waals surface area contributed by atoms with Gasteiger partial charge in [0.15, 0.2) is 0 Å². The maximum absolute atomic E-state index is 12.1. The summed E-state index contributed by atoms with van der Waals surface area (Å²) in [5.41, 5.74) is -5.50. The minimum Gasteiger partial charge on any atom is -0.861 e. The van der Waals surface area contributed by atoms with Crippen molar-refractivity contribution in [3.05, 3.63) is 0 Å². The van der Waals surface area contributed by atoms with Crippen LogP contribution in [0.25, 0.3) is 0 Å². The van der Waals surface area contributed by atoms with Crippen LogP contribution in [0, 0.1) is 0 Å². The van der Waals surface area contributed by atoms with E-state index in [0.717, 1.165) is 19.3 Å². The molecule has 0 spiro atoms. The van der Waals surface area contributed by atoms with E-state index in [4.69, 9.17) is 0 Å². The molecule has 0 unspecified atom stereocenters. The van der Waals surface area contributed by atoms with Gasteiger partial charge in [0.1, 0.15) is 0 Å². The fourth-order valence-electron chi connectivity index (χ4n) is 3.94. The van der Waals surface area contributed by atoms with E-state index in [0.29, 0.717) is 12.8 Å². The average Bonchev–Trinajstić information content (AvgIpc) is 2.73. The Kier molecular flexibility index (Phi) is 20.1. The highest BCUT2D eigenvalue weighted by atomic mass is 32.2. The second-order valence-corrected chi connectivity index (χ2v) is 10.8. The molecule has 0 rings (SSSR count). The smallest absolute Gasteiger partial charge is 0.518 e. The molecule has 0 radical (unpaired) electrons. The zero-order valence-electron chi connectivity index (χ0n) is 20.8. The van der Waals surface area contributed by atoms with E-state index in [9.17, 15) is 26.7 Å². The van der Waals surface area contributed by atoms with E-state index in [-0.39, 0.29) is 6.42 Å². The molecular weight excluding hydrogens is 451 g/mol. The Balaban J connectivity index is 3.33. The molecule has 33 heavy (non-hydrogen) atoms. The molecular formula is C25H47F3NO3S-. The Morgan fingerprint density at radius 3 is 1.15 bits per heavy atom. The lowest BCUT2D eigenvalue weighted by atomic mass is 10.0. The zero-order chi connectivity index (χ0) is 24.8. The highest BCUT2D eigenvalue weighted by Gasteiger charge is 2.45. The highest BCUT2D eigenvalue weighted by Crippen LogP contribution is 2.24. The topological polar surface area (TPSA) is 69.6 Å². The summed E-state index contributed by atoms with van der Waals surface area (Å²) in [4.78, 5) is 0. The van der Waals surface area contributed by atoms with Crippen molar-refractivity contribution in [3.8, 4) is 0 Å². The molecule has 0 aliphatic heterocycles. The van der Waals surface area contributed by atoms with Gasteiger partial charge in [-0.2, -0.15) is 26.0 Å². The number of unbranched alkanes of at least 4 members (excludes halogenated alkanes) is 20. The largest absolute Gasteiger partial charge is 0.861 e. The van der Waals surface area contributed by atoms with Crippen LogP contribution in [0.1, 0.15) is 148 Å². The first-order valence-corrected chi connectivity index (χ1v) is 14.7. The van der Waals surface area contributed by atoms with Crippen LogP contribution in [0.5, 0.6) is 0 Å². The number of halogens is 3. The lowest BCUT2D eigenvalue weighted by Crippen LogP contribution is -2.26. The zero-order valence-corrected chi connectivity index (χ0v) is 21.6. The first kappa shape index (κ1) is 32.2. The minimum atomic E-state index is -5.70. The van der Waals surface area contributed by atoms with Gasteiger partial charge >= 0.3 is 15.5 Å². The van der Waals surface area contributed by atoms with Crippen molar-refractivity contribution in [2.75, 3.05) is 0 Å². The second kappa shape index (κ2) is 20.6. The van der Waals surface area contributed by atoms with Crippen LogP contribution in [-0.4, -0.2) is 19.8 Å². The summed E-state index contributed by atoms with van der Waals surface area (Å²) in [6, 6.07) is 0. The molecule has 0 N–H and O–H groups in total. The van der Waals surface area contributed by atoms with E-state index in [2.05, 4.69) is 11.3 Å². The third-order valence-corrected chi connectivity index (χ3v) is 7.04. The average molecular weight is 499 g/mol. The van der Waals surface area contributed by atoms with Crippen LogP contribution in [0.4, 0.5) is 13.2 Å². The maximum Gasteiger partial charge on any atom is 0.518 e. The second-order valence-electron chi connectivity index (χ2n) is 9.23. The molecule has 8 heteroatoms. The van der Waals surface area contributed by atoms with Gasteiger partial charge in [0.05, 0.1) is 0 Å². The summed E-state index contributed by atoms with van der Waals surface area (Å²) < 4.78 is 60.3. The first-order chi connectivity index (χ1) is 15.7. The normalized spacial score (nSPS) is 13.0. The van der Waals surface area contributed by atoms with Gasteiger partial charge in [-0.3, -0.25) is 0 Å². The van der Waals surface area contributed by atoms with Crippen molar-refractivity contribution in [1.29, 1.82) is 0 Å². The molecule has 0 atom stereocenters. The van der Waals surface area contributed by atoms with Crippen molar-refractivity contribution < 1.29 is 26.7 Å². The van der Waals surface area contributed by atoms with Gasteiger partial charge < -0.3 is 5.11 Å². The molecule has 4 nitrogen and oxygen atoms in total. The quantitative estimate of drug-likeness (QED) is 0.0810. The first-order valence-electron chi connectivity index (χ1n) is 13.3. The number of hydrogen-bond donors (Lipinski definition) is 0. The van der Waals surface area contributed by atoms with E-state index in [1.54, 1.807) is 0 Å². The van der Waals surface area contributed by atoms with Crippen LogP contribution < -0.4 is 5.11 Å². The molecule has 0 aromatic carbocycles. The molecule has 0 fully saturated rings. The molecule has 0 aromatic rings. The molecule has 0 saturated carbocycles. The number of rotatable bonds is 23.